The van der Waals surface area contributed by atoms with E-state index in [2.05, 4.69) is 10.1 Å². The van der Waals surface area contributed by atoms with Gasteiger partial charge in [0.05, 0.1) is 11.4 Å². The number of alkyl halides is 2. The van der Waals surface area contributed by atoms with Gasteiger partial charge in [-0.25, -0.2) is 8.42 Å². The van der Waals surface area contributed by atoms with Gasteiger partial charge in [-0.15, -0.1) is 0 Å². The molecule has 2 aromatic carbocycles. The fraction of sp³-hybridized carbons (Fsp3) is 0.278. The lowest BCUT2D eigenvalue weighted by Crippen LogP contribution is -2.25. The van der Waals surface area contributed by atoms with E-state index in [4.69, 9.17) is 0 Å². The molecule has 0 unspecified atom stereocenters. The van der Waals surface area contributed by atoms with Crippen LogP contribution in [0.15, 0.2) is 42.5 Å². The van der Waals surface area contributed by atoms with E-state index in [1.54, 1.807) is 31.2 Å². The van der Waals surface area contributed by atoms with Crippen LogP contribution in [0.5, 0.6) is 5.75 Å². The highest BCUT2D eigenvalue weighted by Crippen LogP contribution is 2.28. The Kier molecular flexibility index (Phi) is 5.31. The first-order chi connectivity index (χ1) is 12.8. The van der Waals surface area contributed by atoms with Crippen LogP contribution in [-0.2, 0) is 10.0 Å². The Hall–Kier alpha value is -2.68. The Morgan fingerprint density at radius 1 is 1.22 bits per heavy atom. The molecule has 144 valence electrons. The van der Waals surface area contributed by atoms with Crippen molar-refractivity contribution in [3.8, 4) is 5.75 Å². The average molecular weight is 396 g/mol. The first-order valence-electron chi connectivity index (χ1n) is 8.24. The molecule has 0 radical (unpaired) electrons. The van der Waals surface area contributed by atoms with Crippen molar-refractivity contribution in [3.05, 3.63) is 53.6 Å². The van der Waals surface area contributed by atoms with Crippen molar-refractivity contribution in [1.82, 2.24) is 0 Å². The Balaban J connectivity index is 1.83. The molecule has 1 aliphatic heterocycles. The lowest BCUT2D eigenvalue weighted by molar-refractivity contribution is -0.0502. The number of nitrogens with one attached hydrogen (secondary N) is 1. The molecule has 9 heteroatoms. The van der Waals surface area contributed by atoms with Gasteiger partial charge in [-0.1, -0.05) is 12.1 Å². The quantitative estimate of drug-likeness (QED) is 0.841. The second-order valence-corrected chi connectivity index (χ2v) is 8.07. The zero-order chi connectivity index (χ0) is 19.6. The summed E-state index contributed by atoms with van der Waals surface area (Å²) in [5.41, 5.74) is 1.38. The number of halogens is 2. The molecule has 1 fully saturated rings. The first-order valence-corrected chi connectivity index (χ1v) is 9.85. The van der Waals surface area contributed by atoms with E-state index in [9.17, 15) is 22.0 Å². The average Bonchev–Trinajstić information content (AvgIpc) is 2.97. The van der Waals surface area contributed by atoms with Crippen LogP contribution in [0.3, 0.4) is 0 Å². The summed E-state index contributed by atoms with van der Waals surface area (Å²) in [6.07, 6.45) is 0.537. The van der Waals surface area contributed by atoms with E-state index in [-0.39, 0.29) is 17.1 Å². The second kappa shape index (κ2) is 7.51. The van der Waals surface area contributed by atoms with E-state index >= 15 is 0 Å². The van der Waals surface area contributed by atoms with Gasteiger partial charge in [0.25, 0.3) is 5.91 Å². The summed E-state index contributed by atoms with van der Waals surface area (Å²) in [6, 6.07) is 10.7. The number of nitrogens with zero attached hydrogens (tertiary/aromatic N) is 1. The van der Waals surface area contributed by atoms with Gasteiger partial charge in [-0.3, -0.25) is 9.10 Å². The monoisotopic (exact) mass is 396 g/mol. The highest BCUT2D eigenvalue weighted by atomic mass is 32.2. The van der Waals surface area contributed by atoms with Crippen molar-refractivity contribution in [3.63, 3.8) is 0 Å². The van der Waals surface area contributed by atoms with Crippen LogP contribution in [0, 0.1) is 6.92 Å². The highest BCUT2D eigenvalue weighted by Gasteiger charge is 2.28. The van der Waals surface area contributed by atoms with E-state index in [0.717, 1.165) is 0 Å². The van der Waals surface area contributed by atoms with Gasteiger partial charge in [-0.05, 0) is 43.7 Å². The number of carbonyl (C=O) groups is 1. The van der Waals surface area contributed by atoms with Crippen molar-refractivity contribution >= 4 is 27.3 Å². The third-order valence-corrected chi connectivity index (χ3v) is 6.11. The minimum Gasteiger partial charge on any atom is -0.434 e. The van der Waals surface area contributed by atoms with Gasteiger partial charge in [0.2, 0.25) is 10.0 Å². The molecule has 1 aliphatic rings. The Morgan fingerprint density at radius 2 is 1.96 bits per heavy atom. The SMILES string of the molecule is Cc1c(NC(=O)c2cccc(N3CCCS3(=O)=O)c2)cccc1OC(F)F. The predicted molar refractivity (Wildman–Crippen MR) is 98.0 cm³/mol. The highest BCUT2D eigenvalue weighted by molar-refractivity contribution is 7.93. The van der Waals surface area contributed by atoms with Crippen molar-refractivity contribution < 1.29 is 26.7 Å². The number of benzene rings is 2. The van der Waals surface area contributed by atoms with Gasteiger partial charge in [0.15, 0.2) is 0 Å². The number of hydrogen-bond donors (Lipinski definition) is 1. The Morgan fingerprint density at radius 3 is 2.63 bits per heavy atom. The van der Waals surface area contributed by atoms with Crippen LogP contribution in [0.2, 0.25) is 0 Å². The summed E-state index contributed by atoms with van der Waals surface area (Å²) in [5, 5.41) is 2.65. The van der Waals surface area contributed by atoms with E-state index < -0.39 is 22.5 Å². The van der Waals surface area contributed by atoms with Crippen molar-refractivity contribution in [2.24, 2.45) is 0 Å². The molecule has 1 amide bonds. The van der Waals surface area contributed by atoms with E-state index in [0.29, 0.717) is 29.9 Å². The summed E-state index contributed by atoms with van der Waals surface area (Å²) in [6.45, 7) is -1.03. The third kappa shape index (κ3) is 4.19. The molecule has 0 aliphatic carbocycles. The molecule has 0 saturated carbocycles. The lowest BCUT2D eigenvalue weighted by Gasteiger charge is -2.18. The predicted octanol–water partition coefficient (Wildman–Crippen LogP) is 3.39. The summed E-state index contributed by atoms with van der Waals surface area (Å²) in [5.74, 6) is -0.426. The van der Waals surface area contributed by atoms with Crippen LogP contribution in [0.25, 0.3) is 0 Å². The number of sulfonamides is 1. The van der Waals surface area contributed by atoms with Crippen molar-refractivity contribution in [1.29, 1.82) is 0 Å². The topological polar surface area (TPSA) is 75.7 Å². The maximum Gasteiger partial charge on any atom is 0.387 e. The van der Waals surface area contributed by atoms with E-state index in [1.165, 1.54) is 22.5 Å². The van der Waals surface area contributed by atoms with Gasteiger partial charge in [-0.2, -0.15) is 8.78 Å². The van der Waals surface area contributed by atoms with Crippen LogP contribution in [-0.4, -0.2) is 33.2 Å². The van der Waals surface area contributed by atoms with E-state index in [1.807, 2.05) is 0 Å². The zero-order valence-corrected chi connectivity index (χ0v) is 15.3. The number of rotatable bonds is 5. The molecule has 1 saturated heterocycles. The summed E-state index contributed by atoms with van der Waals surface area (Å²) in [4.78, 5) is 12.6. The van der Waals surface area contributed by atoms with Gasteiger partial charge >= 0.3 is 6.61 Å². The summed E-state index contributed by atoms with van der Waals surface area (Å²) >= 11 is 0. The smallest absolute Gasteiger partial charge is 0.387 e. The second-order valence-electron chi connectivity index (χ2n) is 6.05. The molecule has 6 nitrogen and oxygen atoms in total. The van der Waals surface area contributed by atoms with Crippen LogP contribution >= 0.6 is 0 Å². The molecule has 0 aromatic heterocycles. The number of ether oxygens (including phenoxy) is 1. The molecule has 3 rings (SSSR count). The fourth-order valence-electron chi connectivity index (χ4n) is 2.90. The third-order valence-electron chi connectivity index (χ3n) is 4.24. The number of amides is 1. The number of hydrogen-bond acceptors (Lipinski definition) is 4. The molecule has 0 spiro atoms. The molecule has 0 atom stereocenters. The van der Waals surface area contributed by atoms with Gasteiger partial charge < -0.3 is 10.1 Å². The molecule has 0 bridgehead atoms. The molecule has 1 heterocycles. The lowest BCUT2D eigenvalue weighted by atomic mass is 10.1. The number of carbonyl (C=O) groups excluding carboxylic acids is 1. The maximum absolute atomic E-state index is 12.6. The largest absolute Gasteiger partial charge is 0.434 e. The minimum atomic E-state index is -3.35. The molecular weight excluding hydrogens is 378 g/mol. The van der Waals surface area contributed by atoms with Crippen molar-refractivity contribution in [2.45, 2.75) is 20.0 Å². The normalized spacial score (nSPS) is 15.8. The van der Waals surface area contributed by atoms with Gasteiger partial charge in [0.1, 0.15) is 5.75 Å². The fourth-order valence-corrected chi connectivity index (χ4v) is 4.46. The Labute approximate surface area is 155 Å². The van der Waals surface area contributed by atoms with Crippen LogP contribution in [0.1, 0.15) is 22.3 Å². The maximum atomic E-state index is 12.6. The first kappa shape index (κ1) is 19.1. The van der Waals surface area contributed by atoms with Gasteiger partial charge in [0, 0.05) is 23.4 Å². The summed E-state index contributed by atoms with van der Waals surface area (Å²) in [7, 11) is -3.35. The molecule has 2 aromatic rings. The molecular formula is C18H18F2N2O4S. The number of anilines is 2. The summed E-state index contributed by atoms with van der Waals surface area (Å²) < 4.78 is 54.7. The zero-order valence-electron chi connectivity index (χ0n) is 14.5. The van der Waals surface area contributed by atoms with Crippen molar-refractivity contribution in [2.75, 3.05) is 21.9 Å². The standard InChI is InChI=1S/C18H18F2N2O4S/c1-12-15(7-3-8-16(12)26-18(19)20)21-17(23)13-5-2-6-14(11-13)22-9-4-10-27(22,24)25/h2-3,5-8,11,18H,4,9-10H2,1H3,(H,21,23). The Bertz CT molecular complexity index is 964. The molecule has 1 N–H and O–H groups in total. The minimum absolute atomic E-state index is 0.0280. The van der Waals surface area contributed by atoms with Crippen LogP contribution < -0.4 is 14.4 Å². The van der Waals surface area contributed by atoms with Crippen LogP contribution in [0.4, 0.5) is 20.2 Å². The molecule has 27 heavy (non-hydrogen) atoms.